The number of thioether (sulfide) groups is 1. The SMILES string of the molecule is CS(=O)(=O)c1ccccc1-n1nc(C(=O)O)c2c1-c1ccccc1SC2. The van der Waals surface area contributed by atoms with Gasteiger partial charge >= 0.3 is 5.97 Å². The van der Waals surface area contributed by atoms with E-state index in [0.717, 1.165) is 16.7 Å². The Morgan fingerprint density at radius 2 is 1.85 bits per heavy atom. The van der Waals surface area contributed by atoms with Gasteiger partial charge in [0.05, 0.1) is 16.3 Å². The van der Waals surface area contributed by atoms with Gasteiger partial charge in [0.15, 0.2) is 15.5 Å². The van der Waals surface area contributed by atoms with Crippen LogP contribution in [-0.2, 0) is 15.6 Å². The first-order valence-electron chi connectivity index (χ1n) is 7.75. The number of benzene rings is 2. The van der Waals surface area contributed by atoms with Crippen molar-refractivity contribution in [2.45, 2.75) is 15.5 Å². The van der Waals surface area contributed by atoms with Crippen molar-refractivity contribution in [2.75, 3.05) is 6.26 Å². The number of carboxylic acid groups (broad SMARTS) is 1. The van der Waals surface area contributed by atoms with Crippen LogP contribution in [0.3, 0.4) is 0 Å². The molecule has 0 atom stereocenters. The summed E-state index contributed by atoms with van der Waals surface area (Å²) < 4.78 is 25.9. The fraction of sp³-hybridized carbons (Fsp3) is 0.111. The van der Waals surface area contributed by atoms with E-state index in [4.69, 9.17) is 0 Å². The van der Waals surface area contributed by atoms with Gasteiger partial charge < -0.3 is 5.11 Å². The molecule has 8 heteroatoms. The first kappa shape index (κ1) is 16.9. The number of sulfone groups is 1. The molecule has 2 aromatic carbocycles. The van der Waals surface area contributed by atoms with E-state index in [0.29, 0.717) is 22.7 Å². The molecular weight excluding hydrogens is 372 g/mol. The highest BCUT2D eigenvalue weighted by molar-refractivity contribution is 7.98. The summed E-state index contributed by atoms with van der Waals surface area (Å²) >= 11 is 1.55. The van der Waals surface area contributed by atoms with Gasteiger partial charge in [-0.05, 0) is 18.2 Å². The molecular formula is C18H14N2O4S2. The summed E-state index contributed by atoms with van der Waals surface area (Å²) in [5.74, 6) is -0.661. The predicted octanol–water partition coefficient (Wildman–Crippen LogP) is 3.25. The maximum Gasteiger partial charge on any atom is 0.356 e. The van der Waals surface area contributed by atoms with Gasteiger partial charge in [-0.3, -0.25) is 0 Å². The average molecular weight is 386 g/mol. The number of para-hydroxylation sites is 1. The van der Waals surface area contributed by atoms with Crippen LogP contribution in [0.4, 0.5) is 0 Å². The molecule has 1 aliphatic rings. The van der Waals surface area contributed by atoms with Crippen LogP contribution in [0.5, 0.6) is 0 Å². The van der Waals surface area contributed by atoms with Crippen molar-refractivity contribution in [3.8, 4) is 16.9 Å². The molecule has 1 N–H and O–H groups in total. The Morgan fingerprint density at radius 1 is 1.15 bits per heavy atom. The Hall–Kier alpha value is -2.58. The molecule has 0 unspecified atom stereocenters. The van der Waals surface area contributed by atoms with Crippen molar-refractivity contribution >= 4 is 27.6 Å². The summed E-state index contributed by atoms with van der Waals surface area (Å²) in [6, 6.07) is 14.1. The molecule has 132 valence electrons. The second-order valence-corrected chi connectivity index (χ2v) is 8.92. The van der Waals surface area contributed by atoms with Crippen molar-refractivity contribution in [3.05, 3.63) is 59.8 Å². The first-order chi connectivity index (χ1) is 12.4. The maximum atomic E-state index is 12.2. The van der Waals surface area contributed by atoms with Crippen molar-refractivity contribution < 1.29 is 18.3 Å². The molecule has 6 nitrogen and oxygen atoms in total. The van der Waals surface area contributed by atoms with Crippen LogP contribution in [0.1, 0.15) is 16.1 Å². The third-order valence-electron chi connectivity index (χ3n) is 4.19. The number of nitrogens with zero attached hydrogens (tertiary/aromatic N) is 2. The number of rotatable bonds is 3. The van der Waals surface area contributed by atoms with Crippen molar-refractivity contribution in [1.82, 2.24) is 9.78 Å². The van der Waals surface area contributed by atoms with Gasteiger partial charge in [-0.2, -0.15) is 5.10 Å². The maximum absolute atomic E-state index is 12.2. The Bertz CT molecular complexity index is 1150. The quantitative estimate of drug-likeness (QED) is 0.743. The number of hydrogen-bond acceptors (Lipinski definition) is 5. The summed E-state index contributed by atoms with van der Waals surface area (Å²) in [6.07, 6.45) is 1.13. The molecule has 2 heterocycles. The summed E-state index contributed by atoms with van der Waals surface area (Å²) in [5.41, 5.74) is 2.38. The van der Waals surface area contributed by atoms with Crippen LogP contribution in [0.15, 0.2) is 58.3 Å². The predicted molar refractivity (Wildman–Crippen MR) is 98.6 cm³/mol. The molecule has 0 radical (unpaired) electrons. The minimum Gasteiger partial charge on any atom is -0.476 e. The van der Waals surface area contributed by atoms with Gasteiger partial charge in [0.1, 0.15) is 0 Å². The lowest BCUT2D eigenvalue weighted by Crippen LogP contribution is -2.09. The molecule has 1 aromatic heterocycles. The van der Waals surface area contributed by atoms with Crippen LogP contribution in [-0.4, -0.2) is 35.5 Å². The number of carbonyl (C=O) groups is 1. The van der Waals surface area contributed by atoms with E-state index in [-0.39, 0.29) is 10.6 Å². The largest absolute Gasteiger partial charge is 0.476 e. The lowest BCUT2D eigenvalue weighted by atomic mass is 10.1. The zero-order valence-corrected chi connectivity index (χ0v) is 15.3. The number of aromatic nitrogens is 2. The Balaban J connectivity index is 2.09. The second kappa shape index (κ2) is 6.00. The minimum absolute atomic E-state index is 0.0506. The van der Waals surface area contributed by atoms with Gasteiger partial charge in [0.25, 0.3) is 0 Å². The van der Waals surface area contributed by atoms with Crippen LogP contribution in [0.25, 0.3) is 16.9 Å². The van der Waals surface area contributed by atoms with E-state index in [1.807, 2.05) is 24.3 Å². The van der Waals surface area contributed by atoms with E-state index < -0.39 is 15.8 Å². The Kier molecular flexibility index (Phi) is 3.89. The molecule has 4 rings (SSSR count). The smallest absolute Gasteiger partial charge is 0.356 e. The summed E-state index contributed by atoms with van der Waals surface area (Å²) in [6.45, 7) is 0. The van der Waals surface area contributed by atoms with E-state index >= 15 is 0 Å². The Labute approximate surface area is 154 Å². The van der Waals surface area contributed by atoms with Gasteiger partial charge in [0.2, 0.25) is 0 Å². The van der Waals surface area contributed by atoms with Crippen molar-refractivity contribution in [3.63, 3.8) is 0 Å². The molecule has 0 bridgehead atoms. The van der Waals surface area contributed by atoms with Crippen LogP contribution >= 0.6 is 11.8 Å². The molecule has 3 aromatic rings. The molecule has 0 fully saturated rings. The van der Waals surface area contributed by atoms with E-state index in [9.17, 15) is 18.3 Å². The first-order valence-corrected chi connectivity index (χ1v) is 10.6. The summed E-state index contributed by atoms with van der Waals surface area (Å²) in [5, 5.41) is 13.8. The van der Waals surface area contributed by atoms with Gasteiger partial charge in [-0.25, -0.2) is 17.9 Å². The third-order valence-corrected chi connectivity index (χ3v) is 6.44. The Morgan fingerprint density at radius 3 is 2.58 bits per heavy atom. The highest BCUT2D eigenvalue weighted by Gasteiger charge is 2.30. The zero-order chi connectivity index (χ0) is 18.5. The van der Waals surface area contributed by atoms with Crippen LogP contribution < -0.4 is 0 Å². The standard InChI is InChI=1S/C18H14N2O4S2/c1-26(23,24)15-9-5-3-7-13(15)20-17-11-6-2-4-8-14(11)25-10-12(17)16(19-20)18(21)22/h2-9H,10H2,1H3,(H,21,22). The normalized spacial score (nSPS) is 13.1. The molecule has 0 saturated carbocycles. The molecule has 0 aliphatic carbocycles. The van der Waals surface area contributed by atoms with E-state index in [1.54, 1.807) is 30.0 Å². The lowest BCUT2D eigenvalue weighted by molar-refractivity contribution is 0.0689. The minimum atomic E-state index is -3.51. The summed E-state index contributed by atoms with van der Waals surface area (Å²) in [7, 11) is -3.51. The van der Waals surface area contributed by atoms with Gasteiger partial charge in [0, 0.05) is 28.0 Å². The fourth-order valence-electron chi connectivity index (χ4n) is 3.09. The van der Waals surface area contributed by atoms with Crippen LogP contribution in [0, 0.1) is 0 Å². The monoisotopic (exact) mass is 386 g/mol. The zero-order valence-electron chi connectivity index (χ0n) is 13.7. The average Bonchev–Trinajstić information content (AvgIpc) is 3.01. The van der Waals surface area contributed by atoms with Gasteiger partial charge in [-0.1, -0.05) is 30.3 Å². The van der Waals surface area contributed by atoms with Crippen LogP contribution in [0.2, 0.25) is 0 Å². The third kappa shape index (κ3) is 2.62. The topological polar surface area (TPSA) is 89.3 Å². The highest BCUT2D eigenvalue weighted by atomic mass is 32.2. The summed E-state index contributed by atoms with van der Waals surface area (Å²) in [4.78, 5) is 12.8. The van der Waals surface area contributed by atoms with E-state index in [2.05, 4.69) is 5.10 Å². The number of carboxylic acids is 1. The van der Waals surface area contributed by atoms with Crippen molar-refractivity contribution in [2.24, 2.45) is 0 Å². The molecule has 0 saturated heterocycles. The fourth-order valence-corrected chi connectivity index (χ4v) is 5.02. The molecule has 0 amide bonds. The second-order valence-electron chi connectivity index (χ2n) is 5.92. The van der Waals surface area contributed by atoms with Gasteiger partial charge in [-0.15, -0.1) is 11.8 Å². The highest BCUT2D eigenvalue weighted by Crippen LogP contribution is 2.44. The number of aromatic carboxylic acids is 1. The number of hydrogen-bond donors (Lipinski definition) is 1. The van der Waals surface area contributed by atoms with Crippen molar-refractivity contribution in [1.29, 1.82) is 0 Å². The molecule has 0 spiro atoms. The number of fused-ring (bicyclic) bond motifs is 3. The lowest BCUT2D eigenvalue weighted by Gasteiger charge is -2.18. The molecule has 26 heavy (non-hydrogen) atoms. The molecule has 1 aliphatic heterocycles. The van der Waals surface area contributed by atoms with E-state index in [1.165, 1.54) is 10.7 Å².